The molecule has 0 bridgehead atoms. The quantitative estimate of drug-likeness (QED) is 0.479. The van der Waals surface area contributed by atoms with Crippen molar-refractivity contribution in [1.82, 2.24) is 4.98 Å². The third-order valence-corrected chi connectivity index (χ3v) is 2.66. The Kier molecular flexibility index (Phi) is 3.11. The zero-order chi connectivity index (χ0) is 12.3. The first-order valence-electron chi connectivity index (χ1n) is 5.20. The lowest BCUT2D eigenvalue weighted by molar-refractivity contribution is -0.117. The van der Waals surface area contributed by atoms with Crippen LogP contribution in [0.4, 0.5) is 5.82 Å². The zero-order valence-corrected chi connectivity index (χ0v) is 9.04. The third kappa shape index (κ3) is 2.46. The Bertz CT molecular complexity index is 531. The van der Waals surface area contributed by atoms with E-state index in [1.807, 2.05) is 0 Å². The zero-order valence-electron chi connectivity index (χ0n) is 9.04. The summed E-state index contributed by atoms with van der Waals surface area (Å²) in [5.74, 6) is 0.443. The fourth-order valence-electron chi connectivity index (χ4n) is 1.88. The maximum atomic E-state index is 11.7. The van der Waals surface area contributed by atoms with E-state index in [9.17, 15) is 9.59 Å². The Hall–Kier alpha value is -2.27. The molecule has 17 heavy (non-hydrogen) atoms. The summed E-state index contributed by atoms with van der Waals surface area (Å²) in [6.07, 6.45) is 1.85. The van der Waals surface area contributed by atoms with E-state index in [1.165, 1.54) is 23.2 Å². The molecule has 1 saturated heterocycles. The highest BCUT2D eigenvalue weighted by Gasteiger charge is 2.30. The molecule has 0 saturated carbocycles. The van der Waals surface area contributed by atoms with Crippen LogP contribution in [0.5, 0.6) is 0 Å². The fraction of sp³-hybridized carbons (Fsp3) is 0.400. The molecule has 1 fully saturated rings. The predicted molar refractivity (Wildman–Crippen MR) is 61.5 cm³/mol. The van der Waals surface area contributed by atoms with Gasteiger partial charge in [0, 0.05) is 42.8 Å². The maximum absolute atomic E-state index is 11.7. The number of aromatic nitrogens is 1. The number of rotatable bonds is 3. The van der Waals surface area contributed by atoms with Crippen molar-refractivity contribution < 1.29 is 4.79 Å². The van der Waals surface area contributed by atoms with Gasteiger partial charge in [0.15, 0.2) is 5.43 Å². The Balaban J connectivity index is 2.15. The van der Waals surface area contributed by atoms with Crippen LogP contribution in [0.2, 0.25) is 0 Å². The second-order valence-corrected chi connectivity index (χ2v) is 3.90. The molecule has 88 valence electrons. The number of aromatic amines is 1. The maximum Gasteiger partial charge on any atom is 0.228 e. The van der Waals surface area contributed by atoms with Crippen molar-refractivity contribution in [2.75, 3.05) is 18.0 Å². The van der Waals surface area contributed by atoms with Crippen LogP contribution >= 0.6 is 0 Å². The second-order valence-electron chi connectivity index (χ2n) is 3.90. The van der Waals surface area contributed by atoms with Crippen LogP contribution in [0.3, 0.4) is 0 Å². The Morgan fingerprint density at radius 3 is 3.12 bits per heavy atom. The minimum atomic E-state index is -0.148. The van der Waals surface area contributed by atoms with E-state index in [4.69, 9.17) is 5.53 Å². The average molecular weight is 233 g/mol. The van der Waals surface area contributed by atoms with Crippen molar-refractivity contribution in [2.24, 2.45) is 11.0 Å². The number of anilines is 1. The van der Waals surface area contributed by atoms with Crippen molar-refractivity contribution in [3.8, 4) is 0 Å². The van der Waals surface area contributed by atoms with Crippen molar-refractivity contribution in [3.05, 3.63) is 39.0 Å². The number of nitrogens with one attached hydrogen (secondary N) is 1. The van der Waals surface area contributed by atoms with Crippen LogP contribution < -0.4 is 10.3 Å². The van der Waals surface area contributed by atoms with Crippen LogP contribution in [-0.4, -0.2) is 24.0 Å². The van der Waals surface area contributed by atoms with Crippen LogP contribution in [0.25, 0.3) is 10.4 Å². The summed E-state index contributed by atoms with van der Waals surface area (Å²) in [4.78, 5) is 30.0. The van der Waals surface area contributed by atoms with E-state index in [2.05, 4.69) is 15.0 Å². The van der Waals surface area contributed by atoms with Gasteiger partial charge in [0.2, 0.25) is 5.91 Å². The van der Waals surface area contributed by atoms with Crippen molar-refractivity contribution in [3.63, 3.8) is 0 Å². The molecule has 1 unspecified atom stereocenters. The highest BCUT2D eigenvalue weighted by Crippen LogP contribution is 2.22. The smallest absolute Gasteiger partial charge is 0.228 e. The molecule has 1 aromatic heterocycles. The Labute approximate surface area is 96.7 Å². The van der Waals surface area contributed by atoms with Crippen LogP contribution in [0.15, 0.2) is 28.2 Å². The minimum absolute atomic E-state index is 0.0158. The number of carbonyl (C=O) groups is 1. The van der Waals surface area contributed by atoms with E-state index < -0.39 is 0 Å². The molecular formula is C10H11N5O2. The number of hydrogen-bond donors (Lipinski definition) is 1. The lowest BCUT2D eigenvalue weighted by Crippen LogP contribution is -2.26. The lowest BCUT2D eigenvalue weighted by Gasteiger charge is -2.15. The molecule has 0 aliphatic carbocycles. The van der Waals surface area contributed by atoms with E-state index in [0.29, 0.717) is 25.3 Å². The summed E-state index contributed by atoms with van der Waals surface area (Å²) in [6, 6.07) is 2.77. The number of H-pyrrole nitrogens is 1. The van der Waals surface area contributed by atoms with Gasteiger partial charge >= 0.3 is 0 Å². The minimum Gasteiger partial charge on any atom is -0.348 e. The Morgan fingerprint density at radius 2 is 2.41 bits per heavy atom. The van der Waals surface area contributed by atoms with Crippen molar-refractivity contribution in [2.45, 2.75) is 6.42 Å². The number of hydrogen-bond acceptors (Lipinski definition) is 3. The van der Waals surface area contributed by atoms with Gasteiger partial charge < -0.3 is 4.98 Å². The molecule has 1 atom stereocenters. The first kappa shape index (κ1) is 11.2. The van der Waals surface area contributed by atoms with Crippen LogP contribution in [0, 0.1) is 5.92 Å². The highest BCUT2D eigenvalue weighted by molar-refractivity contribution is 5.94. The predicted octanol–water partition coefficient (Wildman–Crippen LogP) is 1.04. The monoisotopic (exact) mass is 233 g/mol. The average Bonchev–Trinajstić information content (AvgIpc) is 2.68. The van der Waals surface area contributed by atoms with Gasteiger partial charge in [0.25, 0.3) is 0 Å². The molecular weight excluding hydrogens is 222 g/mol. The molecule has 2 heterocycles. The molecule has 2 rings (SSSR count). The summed E-state index contributed by atoms with van der Waals surface area (Å²) in [6.45, 7) is 0.771. The van der Waals surface area contributed by atoms with Gasteiger partial charge in [-0.05, 0) is 11.4 Å². The molecule has 0 radical (unpaired) electrons. The number of pyridine rings is 1. The highest BCUT2D eigenvalue weighted by atomic mass is 16.2. The summed E-state index contributed by atoms with van der Waals surface area (Å²) in [7, 11) is 0. The standard InChI is InChI=1S/C10H11N5O2/c11-14-13-5-7-3-10(17)15(6-7)9-4-8(16)1-2-12-9/h1-2,4,7H,3,5-6H2,(H,12,16). The fourth-order valence-corrected chi connectivity index (χ4v) is 1.88. The third-order valence-electron chi connectivity index (χ3n) is 2.66. The van der Waals surface area contributed by atoms with Crippen molar-refractivity contribution >= 4 is 11.7 Å². The van der Waals surface area contributed by atoms with Crippen LogP contribution in [0.1, 0.15) is 6.42 Å². The first-order chi connectivity index (χ1) is 8.20. The molecule has 7 nitrogen and oxygen atoms in total. The molecule has 1 aliphatic rings. The number of carbonyl (C=O) groups excluding carboxylic acids is 1. The van der Waals surface area contributed by atoms with Gasteiger partial charge in [-0.25, -0.2) is 0 Å². The first-order valence-corrected chi connectivity index (χ1v) is 5.20. The van der Waals surface area contributed by atoms with Gasteiger partial charge in [-0.3, -0.25) is 14.5 Å². The summed E-state index contributed by atoms with van der Waals surface area (Å²) < 4.78 is 0. The van der Waals surface area contributed by atoms with Gasteiger partial charge in [0.05, 0.1) is 0 Å². The molecule has 1 aliphatic heterocycles. The lowest BCUT2D eigenvalue weighted by atomic mass is 10.1. The molecule has 1 amide bonds. The van der Waals surface area contributed by atoms with E-state index in [1.54, 1.807) is 0 Å². The van der Waals surface area contributed by atoms with Gasteiger partial charge in [0.1, 0.15) is 5.82 Å². The number of nitrogens with zero attached hydrogens (tertiary/aromatic N) is 4. The SMILES string of the molecule is [N-]=[N+]=NCC1CC(=O)N(c2cc(=O)cc[nH]2)C1. The summed E-state index contributed by atoms with van der Waals surface area (Å²) in [5.41, 5.74) is 8.08. The summed E-state index contributed by atoms with van der Waals surface area (Å²) in [5, 5.41) is 3.46. The van der Waals surface area contributed by atoms with Gasteiger partial charge in [-0.1, -0.05) is 5.11 Å². The topological polar surface area (TPSA) is 102 Å². The Morgan fingerprint density at radius 1 is 1.59 bits per heavy atom. The number of amides is 1. The summed E-state index contributed by atoms with van der Waals surface area (Å²) >= 11 is 0. The molecule has 1 N–H and O–H groups in total. The normalized spacial score (nSPS) is 19.2. The van der Waals surface area contributed by atoms with Gasteiger partial charge in [-0.15, -0.1) is 0 Å². The largest absolute Gasteiger partial charge is 0.348 e. The van der Waals surface area contributed by atoms with E-state index in [-0.39, 0.29) is 17.3 Å². The molecule has 0 aromatic carbocycles. The second kappa shape index (κ2) is 4.71. The van der Waals surface area contributed by atoms with Crippen LogP contribution in [-0.2, 0) is 4.79 Å². The van der Waals surface area contributed by atoms with Gasteiger partial charge in [-0.2, -0.15) is 0 Å². The van der Waals surface area contributed by atoms with E-state index >= 15 is 0 Å². The molecule has 1 aromatic rings. The molecule has 0 spiro atoms. The van der Waals surface area contributed by atoms with E-state index in [0.717, 1.165) is 0 Å². The van der Waals surface area contributed by atoms with Crippen molar-refractivity contribution in [1.29, 1.82) is 0 Å². The molecule has 7 heteroatoms. The number of azide groups is 1.